The fourth-order valence-electron chi connectivity index (χ4n) is 2.51. The molecule has 2 heterocycles. The van der Waals surface area contributed by atoms with Gasteiger partial charge in [-0.05, 0) is 41.7 Å². The minimum absolute atomic E-state index is 0.357. The summed E-state index contributed by atoms with van der Waals surface area (Å²) in [6.45, 7) is 5.53. The van der Waals surface area contributed by atoms with Crippen LogP contribution in [0.2, 0.25) is 0 Å². The number of rotatable bonds is 1. The highest BCUT2D eigenvalue weighted by Crippen LogP contribution is 2.35. The molecule has 1 aliphatic heterocycles. The first-order chi connectivity index (χ1) is 8.64. The summed E-state index contributed by atoms with van der Waals surface area (Å²) >= 11 is 3.79. The summed E-state index contributed by atoms with van der Waals surface area (Å²) in [4.78, 5) is 6.28. The van der Waals surface area contributed by atoms with E-state index in [1.807, 2.05) is 23.1 Å². The smallest absolute Gasteiger partial charge is 0.157 e. The molecule has 0 radical (unpaired) electrons. The van der Waals surface area contributed by atoms with Crippen molar-refractivity contribution < 1.29 is 0 Å². The molecule has 0 spiro atoms. The van der Waals surface area contributed by atoms with Gasteiger partial charge in [0.25, 0.3) is 0 Å². The van der Waals surface area contributed by atoms with Crippen molar-refractivity contribution in [3.63, 3.8) is 0 Å². The van der Waals surface area contributed by atoms with Crippen molar-refractivity contribution in [2.24, 2.45) is 10.4 Å². The van der Waals surface area contributed by atoms with E-state index in [2.05, 4.69) is 30.6 Å². The number of thiophene rings is 1. The van der Waals surface area contributed by atoms with Crippen molar-refractivity contribution in [3.05, 3.63) is 21.9 Å². The van der Waals surface area contributed by atoms with Gasteiger partial charge in [0.15, 0.2) is 5.17 Å². The van der Waals surface area contributed by atoms with Crippen LogP contribution in [0.3, 0.4) is 0 Å². The Morgan fingerprint density at radius 1 is 1.44 bits per heavy atom. The number of hydrogen-bond acceptors (Lipinski definition) is 4. The molecule has 0 saturated heterocycles. The molecule has 1 N–H and O–H groups in total. The van der Waals surface area contributed by atoms with Gasteiger partial charge in [-0.1, -0.05) is 25.6 Å². The maximum Gasteiger partial charge on any atom is 0.157 e. The molecule has 1 aromatic rings. The van der Waals surface area contributed by atoms with Crippen LogP contribution in [-0.2, 0) is 6.42 Å². The van der Waals surface area contributed by atoms with Gasteiger partial charge in [0.05, 0.1) is 6.04 Å². The molecule has 0 amide bonds. The number of nitrogens with zero attached hydrogens (tertiary/aromatic N) is 1. The lowest BCUT2D eigenvalue weighted by molar-refractivity contribution is 0.435. The number of aryl methyl sites for hydroxylation is 1. The third-order valence-electron chi connectivity index (χ3n) is 3.60. The molecule has 18 heavy (non-hydrogen) atoms. The van der Waals surface area contributed by atoms with Crippen molar-refractivity contribution in [1.29, 1.82) is 0 Å². The van der Waals surface area contributed by atoms with E-state index < -0.39 is 0 Å². The Kier molecular flexibility index (Phi) is 3.41. The molecule has 1 aromatic heterocycles. The average molecular weight is 280 g/mol. The molecule has 2 nitrogen and oxygen atoms in total. The first-order valence-corrected chi connectivity index (χ1v) is 8.51. The SMILES string of the molecule is CC1(C)CN=C(NC2CCCc3sccc32)SC1. The highest BCUT2D eigenvalue weighted by molar-refractivity contribution is 8.13. The zero-order chi connectivity index (χ0) is 12.6. The average Bonchev–Trinajstić information content (AvgIpc) is 2.81. The maximum atomic E-state index is 4.71. The molecule has 98 valence electrons. The van der Waals surface area contributed by atoms with Crippen LogP contribution in [0.15, 0.2) is 16.4 Å². The van der Waals surface area contributed by atoms with E-state index in [4.69, 9.17) is 4.99 Å². The number of hydrogen-bond donors (Lipinski definition) is 1. The van der Waals surface area contributed by atoms with Crippen LogP contribution in [-0.4, -0.2) is 17.5 Å². The quantitative estimate of drug-likeness (QED) is 0.845. The molecule has 1 atom stereocenters. The van der Waals surface area contributed by atoms with Gasteiger partial charge >= 0.3 is 0 Å². The van der Waals surface area contributed by atoms with Crippen molar-refractivity contribution in [3.8, 4) is 0 Å². The van der Waals surface area contributed by atoms with Gasteiger partial charge in [-0.3, -0.25) is 4.99 Å². The van der Waals surface area contributed by atoms with E-state index in [0.29, 0.717) is 11.5 Å². The Morgan fingerprint density at radius 3 is 3.11 bits per heavy atom. The summed E-state index contributed by atoms with van der Waals surface area (Å²) in [7, 11) is 0. The Hall–Kier alpha value is -0.480. The van der Waals surface area contributed by atoms with Crippen LogP contribution in [0.4, 0.5) is 0 Å². The highest BCUT2D eigenvalue weighted by atomic mass is 32.2. The first-order valence-electron chi connectivity index (χ1n) is 6.64. The van der Waals surface area contributed by atoms with Crippen molar-refractivity contribution in [2.45, 2.75) is 39.2 Å². The Balaban J connectivity index is 1.70. The molecule has 1 aliphatic carbocycles. The van der Waals surface area contributed by atoms with E-state index in [9.17, 15) is 0 Å². The molecule has 0 fully saturated rings. The van der Waals surface area contributed by atoms with Crippen LogP contribution in [0.25, 0.3) is 0 Å². The lowest BCUT2D eigenvalue weighted by Gasteiger charge is -2.30. The molecule has 0 saturated carbocycles. The largest absolute Gasteiger partial charge is 0.358 e. The molecule has 4 heteroatoms. The summed E-state index contributed by atoms with van der Waals surface area (Å²) < 4.78 is 0. The fraction of sp³-hybridized carbons (Fsp3) is 0.643. The molecule has 0 aromatic carbocycles. The van der Waals surface area contributed by atoms with Crippen LogP contribution in [0.1, 0.15) is 43.2 Å². The van der Waals surface area contributed by atoms with Crippen LogP contribution in [0, 0.1) is 5.41 Å². The fourth-order valence-corrected chi connectivity index (χ4v) is 4.50. The molecular weight excluding hydrogens is 260 g/mol. The zero-order valence-electron chi connectivity index (χ0n) is 11.0. The van der Waals surface area contributed by atoms with Gasteiger partial charge in [0.1, 0.15) is 0 Å². The van der Waals surface area contributed by atoms with Gasteiger partial charge in [-0.2, -0.15) is 0 Å². The summed E-state index contributed by atoms with van der Waals surface area (Å²) in [6.07, 6.45) is 3.80. The minimum Gasteiger partial charge on any atom is -0.358 e. The van der Waals surface area contributed by atoms with Crippen LogP contribution < -0.4 is 5.32 Å². The summed E-state index contributed by atoms with van der Waals surface area (Å²) in [5, 5.41) is 7.03. The number of fused-ring (bicyclic) bond motifs is 1. The summed E-state index contributed by atoms with van der Waals surface area (Å²) in [5.74, 6) is 1.17. The molecule has 2 aliphatic rings. The second kappa shape index (κ2) is 4.89. The van der Waals surface area contributed by atoms with E-state index in [0.717, 1.165) is 11.7 Å². The number of nitrogens with one attached hydrogen (secondary N) is 1. The second-order valence-electron chi connectivity index (χ2n) is 5.96. The highest BCUT2D eigenvalue weighted by Gasteiger charge is 2.26. The zero-order valence-corrected chi connectivity index (χ0v) is 12.7. The molecule has 3 rings (SSSR count). The van der Waals surface area contributed by atoms with Crippen LogP contribution >= 0.6 is 23.1 Å². The van der Waals surface area contributed by atoms with E-state index in [-0.39, 0.29) is 0 Å². The monoisotopic (exact) mass is 280 g/mol. The van der Waals surface area contributed by atoms with Gasteiger partial charge in [0, 0.05) is 17.2 Å². The van der Waals surface area contributed by atoms with Gasteiger partial charge in [-0.15, -0.1) is 11.3 Å². The third-order valence-corrected chi connectivity index (χ3v) is 6.04. The number of aliphatic imine (C=N–C) groups is 1. The lowest BCUT2D eigenvalue weighted by atomic mass is 9.94. The predicted molar refractivity (Wildman–Crippen MR) is 81.7 cm³/mol. The molecule has 1 unspecified atom stereocenters. The summed E-state index contributed by atoms with van der Waals surface area (Å²) in [5.41, 5.74) is 1.87. The van der Waals surface area contributed by atoms with Crippen molar-refractivity contribution in [1.82, 2.24) is 5.32 Å². The Labute approximate surface area is 117 Å². The topological polar surface area (TPSA) is 24.4 Å². The van der Waals surface area contributed by atoms with E-state index in [1.54, 1.807) is 4.88 Å². The number of amidine groups is 1. The van der Waals surface area contributed by atoms with E-state index in [1.165, 1.54) is 30.6 Å². The third kappa shape index (κ3) is 2.59. The second-order valence-corrected chi connectivity index (χ2v) is 7.93. The van der Waals surface area contributed by atoms with E-state index >= 15 is 0 Å². The normalized spacial score (nSPS) is 26.3. The molecule has 0 bridgehead atoms. The maximum absolute atomic E-state index is 4.71. The predicted octanol–water partition coefficient (Wildman–Crippen LogP) is 3.84. The lowest BCUT2D eigenvalue weighted by Crippen LogP contribution is -2.34. The van der Waals surface area contributed by atoms with Gasteiger partial charge in [-0.25, -0.2) is 0 Å². The minimum atomic E-state index is 0.357. The standard InChI is InChI=1S/C14H20N2S2/c1-14(2)8-15-13(18-9-14)16-11-4-3-5-12-10(11)6-7-17-12/h6-7,11H,3-5,8-9H2,1-2H3,(H,15,16). The summed E-state index contributed by atoms with van der Waals surface area (Å²) in [6, 6.07) is 2.78. The Bertz CT molecular complexity index is 462. The molecular formula is C14H20N2S2. The first kappa shape index (κ1) is 12.5. The van der Waals surface area contributed by atoms with Gasteiger partial charge in [0.2, 0.25) is 0 Å². The van der Waals surface area contributed by atoms with Gasteiger partial charge < -0.3 is 5.32 Å². The Morgan fingerprint density at radius 2 is 2.33 bits per heavy atom. The number of thioether (sulfide) groups is 1. The van der Waals surface area contributed by atoms with Crippen molar-refractivity contribution in [2.75, 3.05) is 12.3 Å². The van der Waals surface area contributed by atoms with Crippen LogP contribution in [0.5, 0.6) is 0 Å². The van der Waals surface area contributed by atoms with Crippen molar-refractivity contribution >= 4 is 28.3 Å².